The number of likely N-dealkylation sites (tertiary alicyclic amines) is 1. The molecule has 0 aliphatic carbocycles. The first-order chi connectivity index (χ1) is 11.0. The van der Waals surface area contributed by atoms with Crippen molar-refractivity contribution in [3.63, 3.8) is 0 Å². The Bertz CT molecular complexity index is 732. The summed E-state index contributed by atoms with van der Waals surface area (Å²) in [7, 11) is 0. The van der Waals surface area contributed by atoms with Crippen LogP contribution in [0.1, 0.15) is 33.7 Å². The summed E-state index contributed by atoms with van der Waals surface area (Å²) < 4.78 is 2.16. The third-order valence-electron chi connectivity index (χ3n) is 4.83. The molecular weight excluding hydrogens is 286 g/mol. The molecule has 122 valence electrons. The van der Waals surface area contributed by atoms with Crippen molar-refractivity contribution < 1.29 is 4.79 Å². The van der Waals surface area contributed by atoms with Gasteiger partial charge in [-0.05, 0) is 63.4 Å². The van der Waals surface area contributed by atoms with Crippen LogP contribution in [-0.2, 0) is 0 Å². The smallest absolute Gasteiger partial charge is 0.255 e. The molecule has 23 heavy (non-hydrogen) atoms. The molecule has 1 aromatic carbocycles. The molecule has 1 aliphatic heterocycles. The van der Waals surface area contributed by atoms with E-state index in [1.165, 1.54) is 5.56 Å². The first-order valence-electron chi connectivity index (χ1n) is 8.26. The summed E-state index contributed by atoms with van der Waals surface area (Å²) in [5, 5.41) is 0. The number of rotatable bonds is 3. The van der Waals surface area contributed by atoms with Crippen LogP contribution in [0, 0.1) is 26.7 Å². The van der Waals surface area contributed by atoms with Crippen LogP contribution in [-0.4, -0.2) is 35.0 Å². The first kappa shape index (κ1) is 15.8. The van der Waals surface area contributed by atoms with E-state index in [1.54, 1.807) is 0 Å². The summed E-state index contributed by atoms with van der Waals surface area (Å²) in [6.07, 6.45) is 1.01. The highest BCUT2D eigenvalue weighted by Gasteiger charge is 2.28. The lowest BCUT2D eigenvalue weighted by Gasteiger charge is -2.16. The fourth-order valence-electron chi connectivity index (χ4n) is 3.52. The van der Waals surface area contributed by atoms with Crippen LogP contribution >= 0.6 is 0 Å². The van der Waals surface area contributed by atoms with E-state index >= 15 is 0 Å². The number of benzene rings is 1. The van der Waals surface area contributed by atoms with Gasteiger partial charge in [-0.1, -0.05) is 12.1 Å². The maximum Gasteiger partial charge on any atom is 0.255 e. The van der Waals surface area contributed by atoms with Crippen molar-refractivity contribution in [2.24, 2.45) is 11.7 Å². The molecule has 0 spiro atoms. The minimum Gasteiger partial charge on any atom is -0.338 e. The molecule has 0 radical (unpaired) electrons. The maximum atomic E-state index is 12.9. The normalized spacial score (nSPS) is 17.7. The molecule has 1 unspecified atom stereocenters. The zero-order chi connectivity index (χ0) is 16.6. The molecule has 1 saturated heterocycles. The molecule has 1 atom stereocenters. The van der Waals surface area contributed by atoms with Crippen LogP contribution in [0.15, 0.2) is 30.3 Å². The number of nitrogens with two attached hydrogens (primary N) is 1. The second-order valence-corrected chi connectivity index (χ2v) is 6.60. The minimum absolute atomic E-state index is 0.132. The Balaban J connectivity index is 1.93. The van der Waals surface area contributed by atoms with E-state index in [2.05, 4.69) is 42.7 Å². The minimum atomic E-state index is 0.132. The van der Waals surface area contributed by atoms with Gasteiger partial charge in [0, 0.05) is 30.2 Å². The maximum absolute atomic E-state index is 12.9. The Kier molecular flexibility index (Phi) is 4.26. The number of aryl methyl sites for hydroxylation is 2. The highest BCUT2D eigenvalue weighted by molar-refractivity contribution is 5.96. The molecule has 0 bridgehead atoms. The van der Waals surface area contributed by atoms with Crippen molar-refractivity contribution in [2.75, 3.05) is 19.6 Å². The summed E-state index contributed by atoms with van der Waals surface area (Å²) in [5.74, 6) is 0.576. The van der Waals surface area contributed by atoms with Gasteiger partial charge in [0.2, 0.25) is 0 Å². The molecule has 1 aliphatic rings. The first-order valence-corrected chi connectivity index (χ1v) is 8.26. The molecule has 3 rings (SSSR count). The SMILES string of the molecule is Cc1cccc(-n2c(C)cc(C(=O)N3CCC(CN)C3)c2C)c1. The van der Waals surface area contributed by atoms with Crippen molar-refractivity contribution in [1.29, 1.82) is 0 Å². The van der Waals surface area contributed by atoms with E-state index in [4.69, 9.17) is 5.73 Å². The molecule has 4 heteroatoms. The van der Waals surface area contributed by atoms with Crippen LogP contribution < -0.4 is 5.73 Å². The van der Waals surface area contributed by atoms with Gasteiger partial charge in [0.05, 0.1) is 5.56 Å². The van der Waals surface area contributed by atoms with E-state index in [1.807, 2.05) is 17.9 Å². The monoisotopic (exact) mass is 311 g/mol. The molecule has 2 aromatic rings. The lowest BCUT2D eigenvalue weighted by Crippen LogP contribution is -2.30. The summed E-state index contributed by atoms with van der Waals surface area (Å²) in [6, 6.07) is 10.4. The van der Waals surface area contributed by atoms with Gasteiger partial charge in [-0.15, -0.1) is 0 Å². The number of carbonyl (C=O) groups excluding carboxylic acids is 1. The van der Waals surface area contributed by atoms with Crippen LogP contribution in [0.25, 0.3) is 5.69 Å². The average Bonchev–Trinajstić information content (AvgIpc) is 3.11. The fraction of sp³-hybridized carbons (Fsp3) is 0.421. The topological polar surface area (TPSA) is 51.3 Å². The number of hydrogen-bond acceptors (Lipinski definition) is 2. The standard InChI is InChI=1S/C19H25N3O/c1-13-5-4-6-17(9-13)22-14(2)10-18(15(22)3)19(23)21-8-7-16(11-20)12-21/h4-6,9-10,16H,7-8,11-12,20H2,1-3H3. The van der Waals surface area contributed by atoms with Gasteiger partial charge in [0.25, 0.3) is 5.91 Å². The highest BCUT2D eigenvalue weighted by Crippen LogP contribution is 2.25. The van der Waals surface area contributed by atoms with Gasteiger partial charge < -0.3 is 15.2 Å². The van der Waals surface area contributed by atoms with Gasteiger partial charge in [0.1, 0.15) is 0 Å². The van der Waals surface area contributed by atoms with Crippen LogP contribution in [0.4, 0.5) is 0 Å². The second-order valence-electron chi connectivity index (χ2n) is 6.60. The summed E-state index contributed by atoms with van der Waals surface area (Å²) in [5.41, 5.74) is 11.0. The van der Waals surface area contributed by atoms with Crippen molar-refractivity contribution >= 4 is 5.91 Å². The number of amides is 1. The van der Waals surface area contributed by atoms with Gasteiger partial charge in [0.15, 0.2) is 0 Å². The van der Waals surface area contributed by atoms with E-state index in [9.17, 15) is 4.79 Å². The van der Waals surface area contributed by atoms with E-state index in [-0.39, 0.29) is 5.91 Å². The number of aromatic nitrogens is 1. The number of carbonyl (C=O) groups is 1. The van der Waals surface area contributed by atoms with E-state index < -0.39 is 0 Å². The summed E-state index contributed by atoms with van der Waals surface area (Å²) >= 11 is 0. The quantitative estimate of drug-likeness (QED) is 0.947. The molecule has 2 N–H and O–H groups in total. The summed E-state index contributed by atoms with van der Waals surface area (Å²) in [6.45, 7) is 8.42. The Labute approximate surface area is 137 Å². The molecular formula is C19H25N3O. The average molecular weight is 311 g/mol. The predicted molar refractivity (Wildman–Crippen MR) is 93.0 cm³/mol. The van der Waals surface area contributed by atoms with Gasteiger partial charge in [-0.25, -0.2) is 0 Å². The Hall–Kier alpha value is -2.07. The van der Waals surface area contributed by atoms with E-state index in [0.29, 0.717) is 12.5 Å². The Morgan fingerprint density at radius 3 is 2.70 bits per heavy atom. The van der Waals surface area contributed by atoms with Crippen molar-refractivity contribution in [2.45, 2.75) is 27.2 Å². The Morgan fingerprint density at radius 1 is 1.26 bits per heavy atom. The van der Waals surface area contributed by atoms with E-state index in [0.717, 1.165) is 42.1 Å². The lowest BCUT2D eigenvalue weighted by molar-refractivity contribution is 0.0787. The molecule has 0 saturated carbocycles. The van der Waals surface area contributed by atoms with Crippen molar-refractivity contribution in [3.8, 4) is 5.69 Å². The lowest BCUT2D eigenvalue weighted by atomic mass is 10.1. The number of hydrogen-bond donors (Lipinski definition) is 1. The molecule has 4 nitrogen and oxygen atoms in total. The van der Waals surface area contributed by atoms with Gasteiger partial charge in [-0.2, -0.15) is 0 Å². The van der Waals surface area contributed by atoms with Crippen molar-refractivity contribution in [3.05, 3.63) is 52.8 Å². The molecule has 2 heterocycles. The second kappa shape index (κ2) is 6.20. The summed E-state index contributed by atoms with van der Waals surface area (Å²) in [4.78, 5) is 14.8. The van der Waals surface area contributed by atoms with Gasteiger partial charge >= 0.3 is 0 Å². The van der Waals surface area contributed by atoms with Crippen molar-refractivity contribution in [1.82, 2.24) is 9.47 Å². The third kappa shape index (κ3) is 2.91. The number of nitrogens with zero attached hydrogens (tertiary/aromatic N) is 2. The predicted octanol–water partition coefficient (Wildman–Crippen LogP) is 2.82. The van der Waals surface area contributed by atoms with Crippen LogP contribution in [0.5, 0.6) is 0 Å². The largest absolute Gasteiger partial charge is 0.338 e. The van der Waals surface area contributed by atoms with Crippen LogP contribution in [0.3, 0.4) is 0 Å². The van der Waals surface area contributed by atoms with Gasteiger partial charge in [-0.3, -0.25) is 4.79 Å². The molecule has 1 aromatic heterocycles. The highest BCUT2D eigenvalue weighted by atomic mass is 16.2. The fourth-order valence-corrected chi connectivity index (χ4v) is 3.52. The van der Waals surface area contributed by atoms with Crippen LogP contribution in [0.2, 0.25) is 0 Å². The third-order valence-corrected chi connectivity index (χ3v) is 4.83. The zero-order valence-electron chi connectivity index (χ0n) is 14.2. The molecule has 1 fully saturated rings. The zero-order valence-corrected chi connectivity index (χ0v) is 14.2. The Morgan fingerprint density at radius 2 is 2.04 bits per heavy atom. The molecule has 1 amide bonds.